The Hall–Kier alpha value is -0.930. The third-order valence-corrected chi connectivity index (χ3v) is 2.85. The molecule has 5 heteroatoms. The molecule has 0 aliphatic carbocycles. The van der Waals surface area contributed by atoms with Gasteiger partial charge in [0.05, 0.1) is 12.0 Å². The molecule has 0 aliphatic heterocycles. The Balaban J connectivity index is 2.54. The molecule has 3 nitrogen and oxygen atoms in total. The molecule has 0 unspecified atom stereocenters. The average molecular weight is 277 g/mol. The molecule has 17 heavy (non-hydrogen) atoms. The highest BCUT2D eigenvalue weighted by Crippen LogP contribution is 2.26. The summed E-state index contributed by atoms with van der Waals surface area (Å²) in [5, 5.41) is 9.91. The van der Waals surface area contributed by atoms with E-state index in [2.05, 4.69) is 0 Å². The quantitative estimate of drug-likeness (QED) is 0.888. The van der Waals surface area contributed by atoms with Gasteiger partial charge in [-0.25, -0.2) is 0 Å². The van der Waals surface area contributed by atoms with Gasteiger partial charge >= 0.3 is 5.97 Å². The molecule has 0 amide bonds. The number of carboxylic acids is 1. The van der Waals surface area contributed by atoms with Crippen LogP contribution in [0.2, 0.25) is 10.0 Å². The summed E-state index contributed by atoms with van der Waals surface area (Å²) in [6.07, 6.45) is 0.409. The van der Waals surface area contributed by atoms with Crippen molar-refractivity contribution in [1.82, 2.24) is 0 Å². The summed E-state index contributed by atoms with van der Waals surface area (Å²) in [7, 11) is 0. The molecule has 0 radical (unpaired) electrons. The van der Waals surface area contributed by atoms with Gasteiger partial charge in [-0.15, -0.1) is 0 Å². The van der Waals surface area contributed by atoms with Crippen molar-refractivity contribution in [3.8, 4) is 5.75 Å². The Labute approximate surface area is 110 Å². The van der Waals surface area contributed by atoms with Gasteiger partial charge in [0.2, 0.25) is 0 Å². The van der Waals surface area contributed by atoms with Gasteiger partial charge in [-0.1, -0.05) is 23.2 Å². The number of carbonyl (C=O) groups is 1. The predicted molar refractivity (Wildman–Crippen MR) is 68.0 cm³/mol. The minimum atomic E-state index is -0.842. The largest absolute Gasteiger partial charge is 0.493 e. The molecule has 0 aliphatic rings. The maximum Gasteiger partial charge on any atom is 0.309 e. The van der Waals surface area contributed by atoms with E-state index in [4.69, 9.17) is 33.0 Å². The van der Waals surface area contributed by atoms with Gasteiger partial charge in [0, 0.05) is 10.0 Å². The fourth-order valence-corrected chi connectivity index (χ4v) is 1.65. The molecule has 1 rings (SSSR count). The average Bonchev–Trinajstić information content (AvgIpc) is 2.15. The van der Waals surface area contributed by atoms with E-state index in [1.165, 1.54) is 0 Å². The predicted octanol–water partition coefficient (Wildman–Crippen LogP) is 3.87. The van der Waals surface area contributed by atoms with Gasteiger partial charge < -0.3 is 9.84 Å². The van der Waals surface area contributed by atoms with Crippen LogP contribution in [0.5, 0.6) is 5.75 Å². The van der Waals surface area contributed by atoms with E-state index in [0.717, 1.165) is 0 Å². The second kappa shape index (κ2) is 5.61. The molecule has 1 N–H and O–H groups in total. The molecule has 0 saturated heterocycles. The van der Waals surface area contributed by atoms with E-state index in [0.29, 0.717) is 28.8 Å². The maximum absolute atomic E-state index is 10.9. The lowest BCUT2D eigenvalue weighted by atomic mass is 9.90. The topological polar surface area (TPSA) is 46.5 Å². The van der Waals surface area contributed by atoms with Gasteiger partial charge in [0.15, 0.2) is 0 Å². The van der Waals surface area contributed by atoms with E-state index in [1.807, 2.05) is 0 Å². The summed E-state index contributed by atoms with van der Waals surface area (Å²) in [6, 6.07) is 4.89. The van der Waals surface area contributed by atoms with Crippen LogP contribution in [0, 0.1) is 5.41 Å². The first-order valence-corrected chi connectivity index (χ1v) is 5.89. The lowest BCUT2D eigenvalue weighted by Gasteiger charge is -2.19. The van der Waals surface area contributed by atoms with Crippen LogP contribution < -0.4 is 4.74 Å². The Morgan fingerprint density at radius 1 is 1.29 bits per heavy atom. The van der Waals surface area contributed by atoms with Gasteiger partial charge in [-0.2, -0.15) is 0 Å². The van der Waals surface area contributed by atoms with Gasteiger partial charge in [-0.3, -0.25) is 4.79 Å². The van der Waals surface area contributed by atoms with E-state index < -0.39 is 11.4 Å². The third-order valence-electron chi connectivity index (χ3n) is 2.41. The van der Waals surface area contributed by atoms with Crippen molar-refractivity contribution in [1.29, 1.82) is 0 Å². The maximum atomic E-state index is 10.9. The van der Waals surface area contributed by atoms with E-state index in [9.17, 15) is 4.79 Å². The molecule has 0 spiro atoms. The number of halogens is 2. The van der Waals surface area contributed by atoms with Crippen LogP contribution in [-0.2, 0) is 4.79 Å². The molecule has 0 aromatic heterocycles. The summed E-state index contributed by atoms with van der Waals surface area (Å²) < 4.78 is 5.42. The molecule has 0 saturated carbocycles. The van der Waals surface area contributed by atoms with Gasteiger partial charge in [0.1, 0.15) is 5.75 Å². The highest BCUT2D eigenvalue weighted by molar-refractivity contribution is 6.34. The highest BCUT2D eigenvalue weighted by atomic mass is 35.5. The lowest BCUT2D eigenvalue weighted by Crippen LogP contribution is -2.25. The SMILES string of the molecule is CC(C)(CCOc1cc(Cl)cc(Cl)c1)C(=O)O. The first kappa shape index (κ1) is 14.1. The Morgan fingerprint density at radius 3 is 2.29 bits per heavy atom. The number of rotatable bonds is 5. The standard InChI is InChI=1S/C12H14Cl2O3/c1-12(2,11(15)16)3-4-17-10-6-8(13)5-9(14)7-10/h5-7H,3-4H2,1-2H3,(H,15,16). The summed E-state index contributed by atoms with van der Waals surface area (Å²) in [4.78, 5) is 10.9. The number of ether oxygens (including phenoxy) is 1. The molecule has 0 fully saturated rings. The Kier molecular flexibility index (Phi) is 4.66. The molecular formula is C12H14Cl2O3. The second-order valence-electron chi connectivity index (χ2n) is 4.39. The van der Waals surface area contributed by atoms with Crippen molar-refractivity contribution < 1.29 is 14.6 Å². The third kappa shape index (κ3) is 4.44. The molecule has 1 aromatic carbocycles. The van der Waals surface area contributed by atoms with Crippen LogP contribution in [0.1, 0.15) is 20.3 Å². The molecule has 1 aromatic rings. The fourth-order valence-electron chi connectivity index (χ4n) is 1.14. The van der Waals surface area contributed by atoms with Crippen LogP contribution in [0.15, 0.2) is 18.2 Å². The van der Waals surface area contributed by atoms with Crippen LogP contribution in [0.4, 0.5) is 0 Å². The van der Waals surface area contributed by atoms with E-state index in [-0.39, 0.29) is 0 Å². The van der Waals surface area contributed by atoms with Crippen LogP contribution >= 0.6 is 23.2 Å². The Morgan fingerprint density at radius 2 is 1.82 bits per heavy atom. The van der Waals surface area contributed by atoms with Crippen molar-refractivity contribution in [2.24, 2.45) is 5.41 Å². The smallest absolute Gasteiger partial charge is 0.309 e. The number of hydrogen-bond acceptors (Lipinski definition) is 2. The number of benzene rings is 1. The van der Waals surface area contributed by atoms with E-state index >= 15 is 0 Å². The lowest BCUT2D eigenvalue weighted by molar-refractivity contribution is -0.147. The Bertz CT molecular complexity index is 396. The summed E-state index contributed by atoms with van der Waals surface area (Å²) in [5.74, 6) is -0.297. The van der Waals surface area contributed by atoms with Crippen molar-refractivity contribution in [3.05, 3.63) is 28.2 Å². The van der Waals surface area contributed by atoms with Crippen molar-refractivity contribution in [2.45, 2.75) is 20.3 Å². The van der Waals surface area contributed by atoms with Crippen molar-refractivity contribution in [2.75, 3.05) is 6.61 Å². The minimum Gasteiger partial charge on any atom is -0.493 e. The number of hydrogen-bond donors (Lipinski definition) is 1. The van der Waals surface area contributed by atoms with Gasteiger partial charge in [-0.05, 0) is 38.5 Å². The molecule has 0 bridgehead atoms. The molecule has 0 heterocycles. The van der Waals surface area contributed by atoms with Crippen LogP contribution in [0.3, 0.4) is 0 Å². The van der Waals surface area contributed by atoms with Crippen molar-refractivity contribution >= 4 is 29.2 Å². The highest BCUT2D eigenvalue weighted by Gasteiger charge is 2.26. The number of carboxylic acid groups (broad SMARTS) is 1. The second-order valence-corrected chi connectivity index (χ2v) is 5.27. The fraction of sp³-hybridized carbons (Fsp3) is 0.417. The number of aliphatic carboxylic acids is 1. The summed E-state index contributed by atoms with van der Waals surface area (Å²) in [6.45, 7) is 3.61. The summed E-state index contributed by atoms with van der Waals surface area (Å²) >= 11 is 11.6. The monoisotopic (exact) mass is 276 g/mol. The summed E-state index contributed by atoms with van der Waals surface area (Å²) in [5.41, 5.74) is -0.803. The van der Waals surface area contributed by atoms with E-state index in [1.54, 1.807) is 32.0 Å². The molecular weight excluding hydrogens is 263 g/mol. The minimum absolute atomic E-state index is 0.302. The van der Waals surface area contributed by atoms with Crippen LogP contribution in [0.25, 0.3) is 0 Å². The zero-order chi connectivity index (χ0) is 13.1. The van der Waals surface area contributed by atoms with Gasteiger partial charge in [0.25, 0.3) is 0 Å². The normalized spacial score (nSPS) is 11.3. The van der Waals surface area contributed by atoms with Crippen molar-refractivity contribution in [3.63, 3.8) is 0 Å². The first-order valence-electron chi connectivity index (χ1n) is 5.13. The first-order chi connectivity index (χ1) is 7.81. The molecule has 94 valence electrons. The van der Waals surface area contributed by atoms with Crippen LogP contribution in [-0.4, -0.2) is 17.7 Å². The zero-order valence-electron chi connectivity index (χ0n) is 9.67. The zero-order valence-corrected chi connectivity index (χ0v) is 11.2. The molecule has 0 atom stereocenters.